The number of amides is 1. The third-order valence-corrected chi connectivity index (χ3v) is 3.24. The number of nitrogens with two attached hydrogens (primary N) is 1. The number of hydrogen-bond acceptors (Lipinski definition) is 4. The van der Waals surface area contributed by atoms with Gasteiger partial charge in [0.15, 0.2) is 11.6 Å². The molecule has 18 heavy (non-hydrogen) atoms. The van der Waals surface area contributed by atoms with E-state index < -0.39 is 11.7 Å². The predicted octanol–water partition coefficient (Wildman–Crippen LogP) is 1.50. The molecule has 1 heterocycles. The van der Waals surface area contributed by atoms with Crippen LogP contribution in [0.3, 0.4) is 0 Å². The first-order valence-electron chi connectivity index (χ1n) is 5.81. The van der Waals surface area contributed by atoms with Crippen LogP contribution >= 0.6 is 11.6 Å². The molecule has 2 rings (SSSR count). The van der Waals surface area contributed by atoms with E-state index in [0.717, 1.165) is 31.9 Å². The van der Waals surface area contributed by atoms with Crippen LogP contribution in [-0.2, 0) is 4.79 Å². The zero-order valence-electron chi connectivity index (χ0n) is 9.77. The van der Waals surface area contributed by atoms with Crippen LogP contribution in [0, 0.1) is 5.82 Å². The van der Waals surface area contributed by atoms with Crippen LogP contribution in [-0.4, -0.2) is 28.5 Å². The molecule has 1 amide bonds. The molecule has 0 saturated heterocycles. The molecule has 98 valence electrons. The van der Waals surface area contributed by atoms with E-state index in [1.165, 1.54) is 0 Å². The maximum Gasteiger partial charge on any atom is 0.237 e. The zero-order valence-corrected chi connectivity index (χ0v) is 10.5. The summed E-state index contributed by atoms with van der Waals surface area (Å²) in [6.07, 6.45) is 4.91. The van der Waals surface area contributed by atoms with Gasteiger partial charge >= 0.3 is 0 Å². The van der Waals surface area contributed by atoms with Gasteiger partial charge in [-0.3, -0.25) is 4.79 Å². The summed E-state index contributed by atoms with van der Waals surface area (Å²) in [5.41, 5.74) is 5.21. The maximum atomic E-state index is 13.7. The molecule has 2 N–H and O–H groups in total. The molecule has 0 spiro atoms. The molecule has 0 radical (unpaired) electrons. The zero-order chi connectivity index (χ0) is 13.1. The Morgan fingerprint density at radius 2 is 2.22 bits per heavy atom. The number of rotatable bonds is 4. The van der Waals surface area contributed by atoms with E-state index in [9.17, 15) is 9.18 Å². The fourth-order valence-corrected chi connectivity index (χ4v) is 2.43. The third-order valence-electron chi connectivity index (χ3n) is 3.06. The second-order valence-corrected chi connectivity index (χ2v) is 4.68. The quantitative estimate of drug-likeness (QED) is 0.843. The van der Waals surface area contributed by atoms with Crippen molar-refractivity contribution in [2.75, 3.05) is 11.4 Å². The Balaban J connectivity index is 2.31. The van der Waals surface area contributed by atoms with Crippen molar-refractivity contribution >= 4 is 23.3 Å². The standard InChI is InChI=1S/C11H14ClFN4O/c12-11-15-5-8(13)10(16-11)17(6-9(14)18)7-3-1-2-4-7/h5,7H,1-4,6H2,(H2,14,18). The van der Waals surface area contributed by atoms with Crippen molar-refractivity contribution in [3.05, 3.63) is 17.3 Å². The van der Waals surface area contributed by atoms with Crippen molar-refractivity contribution in [1.82, 2.24) is 9.97 Å². The normalized spacial score (nSPS) is 15.9. The summed E-state index contributed by atoms with van der Waals surface area (Å²) in [6, 6.07) is 0.0815. The molecule has 1 aromatic rings. The summed E-state index contributed by atoms with van der Waals surface area (Å²) >= 11 is 5.67. The number of anilines is 1. The summed E-state index contributed by atoms with van der Waals surface area (Å²) in [5.74, 6) is -1.05. The van der Waals surface area contributed by atoms with Crippen LogP contribution in [0.4, 0.5) is 10.2 Å². The molecule has 1 fully saturated rings. The van der Waals surface area contributed by atoms with Gasteiger partial charge in [0.25, 0.3) is 0 Å². The summed E-state index contributed by atoms with van der Waals surface area (Å²) < 4.78 is 13.7. The minimum Gasteiger partial charge on any atom is -0.368 e. The van der Waals surface area contributed by atoms with Gasteiger partial charge < -0.3 is 10.6 Å². The van der Waals surface area contributed by atoms with Crippen molar-refractivity contribution in [3.8, 4) is 0 Å². The third kappa shape index (κ3) is 2.87. The molecular weight excluding hydrogens is 259 g/mol. The first-order chi connectivity index (χ1) is 8.58. The molecule has 0 atom stereocenters. The smallest absolute Gasteiger partial charge is 0.237 e. The highest BCUT2D eigenvalue weighted by Gasteiger charge is 2.27. The second kappa shape index (κ2) is 5.48. The first kappa shape index (κ1) is 13.0. The highest BCUT2D eigenvalue weighted by atomic mass is 35.5. The summed E-state index contributed by atoms with van der Waals surface area (Å²) in [4.78, 5) is 20.1. The Kier molecular flexibility index (Phi) is 3.96. The largest absolute Gasteiger partial charge is 0.368 e. The number of aromatic nitrogens is 2. The lowest BCUT2D eigenvalue weighted by molar-refractivity contribution is -0.116. The van der Waals surface area contributed by atoms with Crippen LogP contribution in [0.25, 0.3) is 0 Å². The van der Waals surface area contributed by atoms with Gasteiger partial charge in [-0.25, -0.2) is 9.37 Å². The molecule has 1 saturated carbocycles. The predicted molar refractivity (Wildman–Crippen MR) is 65.8 cm³/mol. The highest BCUT2D eigenvalue weighted by molar-refractivity contribution is 6.28. The fourth-order valence-electron chi connectivity index (χ4n) is 2.30. The van der Waals surface area contributed by atoms with Crippen molar-refractivity contribution in [3.63, 3.8) is 0 Å². The fraction of sp³-hybridized carbons (Fsp3) is 0.545. The van der Waals surface area contributed by atoms with E-state index in [2.05, 4.69) is 9.97 Å². The average Bonchev–Trinajstić information content (AvgIpc) is 2.82. The van der Waals surface area contributed by atoms with Crippen molar-refractivity contribution in [2.24, 2.45) is 5.73 Å². The van der Waals surface area contributed by atoms with Crippen LogP contribution in [0.2, 0.25) is 5.28 Å². The van der Waals surface area contributed by atoms with Gasteiger partial charge in [0, 0.05) is 6.04 Å². The number of halogens is 2. The molecule has 5 nitrogen and oxygen atoms in total. The van der Waals surface area contributed by atoms with Gasteiger partial charge in [-0.15, -0.1) is 0 Å². The lowest BCUT2D eigenvalue weighted by Crippen LogP contribution is -2.41. The van der Waals surface area contributed by atoms with E-state index >= 15 is 0 Å². The summed E-state index contributed by atoms with van der Waals surface area (Å²) in [7, 11) is 0. The van der Waals surface area contributed by atoms with Crippen molar-refractivity contribution in [1.29, 1.82) is 0 Å². The number of carbonyl (C=O) groups is 1. The number of nitrogens with zero attached hydrogens (tertiary/aromatic N) is 3. The second-order valence-electron chi connectivity index (χ2n) is 4.34. The lowest BCUT2D eigenvalue weighted by atomic mass is 10.2. The number of carbonyl (C=O) groups excluding carboxylic acids is 1. The molecule has 0 aromatic carbocycles. The molecule has 0 bridgehead atoms. The molecule has 1 aliphatic rings. The van der Waals surface area contributed by atoms with Gasteiger partial charge in [0.2, 0.25) is 11.2 Å². The first-order valence-corrected chi connectivity index (χ1v) is 6.18. The highest BCUT2D eigenvalue weighted by Crippen LogP contribution is 2.28. The van der Waals surface area contributed by atoms with E-state index in [1.54, 1.807) is 4.90 Å². The topological polar surface area (TPSA) is 72.1 Å². The Bertz CT molecular complexity index is 451. The molecule has 1 aliphatic carbocycles. The van der Waals surface area contributed by atoms with Crippen LogP contribution < -0.4 is 10.6 Å². The molecular formula is C11H14ClFN4O. The minimum atomic E-state index is -0.590. The van der Waals surface area contributed by atoms with Gasteiger partial charge in [-0.05, 0) is 24.4 Å². The lowest BCUT2D eigenvalue weighted by Gasteiger charge is -2.28. The molecule has 1 aromatic heterocycles. The van der Waals surface area contributed by atoms with E-state index in [-0.39, 0.29) is 23.7 Å². The molecule has 7 heteroatoms. The van der Waals surface area contributed by atoms with E-state index in [1.807, 2.05) is 0 Å². The summed E-state index contributed by atoms with van der Waals surface area (Å²) in [5, 5.41) is -0.0427. The number of hydrogen-bond donors (Lipinski definition) is 1. The Hall–Kier alpha value is -1.43. The Morgan fingerprint density at radius 3 is 2.83 bits per heavy atom. The van der Waals surface area contributed by atoms with Gasteiger partial charge in [0.05, 0.1) is 12.7 Å². The SMILES string of the molecule is NC(=O)CN(c1nc(Cl)ncc1F)C1CCCC1. The molecule has 0 unspecified atom stereocenters. The molecule has 0 aliphatic heterocycles. The van der Waals surface area contributed by atoms with Crippen LogP contribution in [0.1, 0.15) is 25.7 Å². The van der Waals surface area contributed by atoms with E-state index in [4.69, 9.17) is 17.3 Å². The Morgan fingerprint density at radius 1 is 1.56 bits per heavy atom. The summed E-state index contributed by atoms with van der Waals surface area (Å²) in [6.45, 7) is -0.0606. The van der Waals surface area contributed by atoms with Crippen molar-refractivity contribution < 1.29 is 9.18 Å². The van der Waals surface area contributed by atoms with E-state index in [0.29, 0.717) is 0 Å². The number of primary amides is 1. The maximum absolute atomic E-state index is 13.7. The monoisotopic (exact) mass is 272 g/mol. The Labute approximate surface area is 109 Å². The van der Waals surface area contributed by atoms with Gasteiger partial charge in [-0.2, -0.15) is 4.98 Å². The minimum absolute atomic E-state index is 0.0427. The van der Waals surface area contributed by atoms with Crippen LogP contribution in [0.15, 0.2) is 6.20 Å². The van der Waals surface area contributed by atoms with Gasteiger partial charge in [0.1, 0.15) is 0 Å². The van der Waals surface area contributed by atoms with Gasteiger partial charge in [-0.1, -0.05) is 12.8 Å². The average molecular weight is 273 g/mol. The van der Waals surface area contributed by atoms with Crippen molar-refractivity contribution in [2.45, 2.75) is 31.7 Å². The van der Waals surface area contributed by atoms with Crippen LogP contribution in [0.5, 0.6) is 0 Å².